The van der Waals surface area contributed by atoms with Gasteiger partial charge in [0.1, 0.15) is 0 Å². The molecule has 0 aliphatic heterocycles. The highest BCUT2D eigenvalue weighted by Gasteiger charge is 2.37. The molecule has 2 rings (SSSR count). The summed E-state index contributed by atoms with van der Waals surface area (Å²) in [7, 11) is 0. The van der Waals surface area contributed by atoms with Crippen LogP contribution in [0.1, 0.15) is 48.7 Å². The maximum absolute atomic E-state index is 12.9. The lowest BCUT2D eigenvalue weighted by Gasteiger charge is -2.24. The zero-order valence-corrected chi connectivity index (χ0v) is 12.8. The van der Waals surface area contributed by atoms with Crippen molar-refractivity contribution in [3.63, 3.8) is 0 Å². The monoisotopic (exact) mass is 301 g/mol. The zero-order valence-electron chi connectivity index (χ0n) is 12.0. The lowest BCUT2D eigenvalue weighted by atomic mass is 9.85. The van der Waals surface area contributed by atoms with E-state index in [2.05, 4.69) is 4.98 Å². The molecule has 0 aromatic carbocycles. The quantitative estimate of drug-likeness (QED) is 0.687. The van der Waals surface area contributed by atoms with Crippen LogP contribution in [0, 0.1) is 6.92 Å². The summed E-state index contributed by atoms with van der Waals surface area (Å²) in [6.07, 6.45) is 0.284. The Bertz CT molecular complexity index is 559. The maximum atomic E-state index is 12.9. The Balaban J connectivity index is 2.36. The van der Waals surface area contributed by atoms with Crippen LogP contribution < -0.4 is 0 Å². The molecule has 0 bridgehead atoms. The number of allylic oxidation sites excluding steroid dienone is 4. The van der Waals surface area contributed by atoms with Gasteiger partial charge in [-0.2, -0.15) is 13.2 Å². The van der Waals surface area contributed by atoms with Gasteiger partial charge in [0, 0.05) is 21.8 Å². The van der Waals surface area contributed by atoms with Crippen LogP contribution in [0.4, 0.5) is 13.2 Å². The Morgan fingerprint density at radius 3 is 2.45 bits per heavy atom. The van der Waals surface area contributed by atoms with Crippen LogP contribution in [0.25, 0.3) is 0 Å². The third-order valence-electron chi connectivity index (χ3n) is 3.25. The summed E-state index contributed by atoms with van der Waals surface area (Å²) in [6.45, 7) is 8.02. The van der Waals surface area contributed by atoms with E-state index in [1.807, 2.05) is 33.8 Å². The van der Waals surface area contributed by atoms with Gasteiger partial charge in [0.25, 0.3) is 0 Å². The van der Waals surface area contributed by atoms with E-state index in [1.54, 1.807) is 0 Å². The molecule has 1 aromatic rings. The molecule has 1 aromatic heterocycles. The highest BCUT2D eigenvalue weighted by molar-refractivity contribution is 7.11. The van der Waals surface area contributed by atoms with Gasteiger partial charge in [-0.25, -0.2) is 4.98 Å². The van der Waals surface area contributed by atoms with E-state index in [0.29, 0.717) is 0 Å². The van der Waals surface area contributed by atoms with Gasteiger partial charge in [-0.05, 0) is 13.3 Å². The fourth-order valence-electron chi connectivity index (χ4n) is 2.30. The second kappa shape index (κ2) is 5.02. The number of halogens is 3. The largest absolute Gasteiger partial charge is 0.412 e. The molecule has 5 heteroatoms. The number of hydrogen-bond donors (Lipinski definition) is 0. The van der Waals surface area contributed by atoms with Crippen LogP contribution in [-0.4, -0.2) is 11.2 Å². The third kappa shape index (κ3) is 3.14. The van der Waals surface area contributed by atoms with Crippen LogP contribution in [0.2, 0.25) is 0 Å². The molecule has 20 heavy (non-hydrogen) atoms. The predicted octanol–water partition coefficient (Wildman–Crippen LogP) is 5.28. The lowest BCUT2D eigenvalue weighted by molar-refractivity contribution is -0.0944. The first-order valence-corrected chi connectivity index (χ1v) is 7.33. The van der Waals surface area contributed by atoms with Gasteiger partial charge in [-0.15, -0.1) is 11.3 Å². The summed E-state index contributed by atoms with van der Waals surface area (Å²) in [6, 6.07) is 0. The molecule has 0 saturated carbocycles. The Morgan fingerprint density at radius 2 is 1.90 bits per heavy atom. The number of aryl methyl sites for hydroxylation is 1. The van der Waals surface area contributed by atoms with Crippen LogP contribution in [0.15, 0.2) is 23.8 Å². The summed E-state index contributed by atoms with van der Waals surface area (Å²) in [5.41, 5.74) is 0.294. The molecule has 0 N–H and O–H groups in total. The van der Waals surface area contributed by atoms with Crippen molar-refractivity contribution in [2.75, 3.05) is 0 Å². The van der Waals surface area contributed by atoms with Crippen LogP contribution in [-0.2, 0) is 5.41 Å². The van der Waals surface area contributed by atoms with Gasteiger partial charge in [0.15, 0.2) is 0 Å². The molecule has 0 saturated heterocycles. The number of alkyl halides is 3. The van der Waals surface area contributed by atoms with E-state index in [-0.39, 0.29) is 17.8 Å². The minimum atomic E-state index is -4.25. The predicted molar refractivity (Wildman–Crippen MR) is 76.2 cm³/mol. The van der Waals surface area contributed by atoms with E-state index in [9.17, 15) is 13.2 Å². The standard InChI is InChI=1S/C15H18F3NS/c1-9-19-13(14(2,3)4)12(20-9)10-6-5-7-11(8-10)15(16,17)18/h5-7,10H,8H2,1-4H3. The van der Waals surface area contributed by atoms with Gasteiger partial charge in [0.2, 0.25) is 0 Å². The average Bonchev–Trinajstić information content (AvgIpc) is 2.70. The molecule has 1 nitrogen and oxygen atoms in total. The van der Waals surface area contributed by atoms with Crippen LogP contribution >= 0.6 is 11.3 Å². The molecular weight excluding hydrogens is 283 g/mol. The van der Waals surface area contributed by atoms with Crippen molar-refractivity contribution >= 4 is 11.3 Å². The van der Waals surface area contributed by atoms with E-state index >= 15 is 0 Å². The van der Waals surface area contributed by atoms with Gasteiger partial charge in [-0.1, -0.05) is 39.0 Å². The van der Waals surface area contributed by atoms with Crippen LogP contribution in [0.3, 0.4) is 0 Å². The number of rotatable bonds is 1. The molecule has 0 radical (unpaired) electrons. The van der Waals surface area contributed by atoms with E-state index in [1.165, 1.54) is 23.5 Å². The second-order valence-corrected chi connectivity index (χ2v) is 7.32. The Morgan fingerprint density at radius 1 is 1.25 bits per heavy atom. The maximum Gasteiger partial charge on any atom is 0.412 e. The Labute approximate surface area is 121 Å². The molecular formula is C15H18F3NS. The Kier molecular flexibility index (Phi) is 3.84. The number of hydrogen-bond acceptors (Lipinski definition) is 2. The number of nitrogens with zero attached hydrogens (tertiary/aromatic N) is 1. The normalized spacial score (nSPS) is 20.1. The third-order valence-corrected chi connectivity index (χ3v) is 4.35. The molecule has 1 aliphatic rings. The highest BCUT2D eigenvalue weighted by atomic mass is 32.1. The Hall–Kier alpha value is -1.10. The van der Waals surface area contributed by atoms with Crippen molar-refractivity contribution in [2.24, 2.45) is 0 Å². The smallest absolute Gasteiger partial charge is 0.246 e. The zero-order chi connectivity index (χ0) is 15.1. The summed E-state index contributed by atoms with van der Waals surface area (Å²) in [5, 5.41) is 0.904. The summed E-state index contributed by atoms with van der Waals surface area (Å²) in [5.74, 6) is -0.225. The molecule has 110 valence electrons. The lowest BCUT2D eigenvalue weighted by Crippen LogP contribution is -2.19. The average molecular weight is 301 g/mol. The van der Waals surface area contributed by atoms with Crippen molar-refractivity contribution in [3.8, 4) is 0 Å². The van der Waals surface area contributed by atoms with Crippen LogP contribution in [0.5, 0.6) is 0 Å². The molecule has 1 unspecified atom stereocenters. The minimum absolute atomic E-state index is 0.00468. The summed E-state index contributed by atoms with van der Waals surface area (Å²) < 4.78 is 38.6. The molecule has 0 spiro atoms. The van der Waals surface area contributed by atoms with E-state index in [0.717, 1.165) is 15.6 Å². The molecule has 0 fully saturated rings. The molecule has 1 atom stereocenters. The van der Waals surface area contributed by atoms with Crippen molar-refractivity contribution in [1.29, 1.82) is 0 Å². The summed E-state index contributed by atoms with van der Waals surface area (Å²) >= 11 is 1.50. The van der Waals surface area contributed by atoms with Gasteiger partial charge < -0.3 is 0 Å². The van der Waals surface area contributed by atoms with Gasteiger partial charge in [0.05, 0.1) is 10.7 Å². The minimum Gasteiger partial charge on any atom is -0.246 e. The molecule has 1 aliphatic carbocycles. The van der Waals surface area contributed by atoms with Crippen molar-refractivity contribution < 1.29 is 13.2 Å². The van der Waals surface area contributed by atoms with Gasteiger partial charge >= 0.3 is 6.18 Å². The van der Waals surface area contributed by atoms with Gasteiger partial charge in [-0.3, -0.25) is 0 Å². The summed E-state index contributed by atoms with van der Waals surface area (Å²) in [4.78, 5) is 5.49. The molecule has 1 heterocycles. The second-order valence-electron chi connectivity index (χ2n) is 6.08. The fourth-order valence-corrected chi connectivity index (χ4v) is 3.52. The van der Waals surface area contributed by atoms with E-state index in [4.69, 9.17) is 0 Å². The topological polar surface area (TPSA) is 12.9 Å². The highest BCUT2D eigenvalue weighted by Crippen LogP contribution is 2.42. The SMILES string of the molecule is Cc1nc(C(C)(C)C)c(C2C=CC=C(C(F)(F)F)C2)s1. The first kappa shape index (κ1) is 15.3. The van der Waals surface area contributed by atoms with Crippen molar-refractivity contribution in [3.05, 3.63) is 39.4 Å². The van der Waals surface area contributed by atoms with E-state index < -0.39 is 11.7 Å². The number of thiazole rings is 1. The first-order chi connectivity index (χ1) is 9.09. The number of aromatic nitrogens is 1. The molecule has 0 amide bonds. The fraction of sp³-hybridized carbons (Fsp3) is 0.533. The van der Waals surface area contributed by atoms with Crippen molar-refractivity contribution in [1.82, 2.24) is 4.98 Å². The van der Waals surface area contributed by atoms with Crippen molar-refractivity contribution in [2.45, 2.75) is 51.6 Å². The first-order valence-electron chi connectivity index (χ1n) is 6.51.